The molecule has 0 aliphatic carbocycles. The molecular weight excluding hydrogens is 273 g/mol. The first-order valence-corrected chi connectivity index (χ1v) is 6.24. The van der Waals surface area contributed by atoms with Crippen molar-refractivity contribution in [1.29, 1.82) is 0 Å². The van der Waals surface area contributed by atoms with Crippen LogP contribution >= 0.6 is 0 Å². The molecule has 1 fully saturated rings. The molecule has 1 aromatic heterocycles. The Morgan fingerprint density at radius 2 is 1.95 bits per heavy atom. The molecule has 0 amide bonds. The summed E-state index contributed by atoms with van der Waals surface area (Å²) in [6, 6.07) is 4.37. The molecule has 1 aliphatic rings. The van der Waals surface area contributed by atoms with Gasteiger partial charge in [0.15, 0.2) is 0 Å². The molecule has 0 radical (unpaired) electrons. The molecule has 1 aromatic rings. The van der Waals surface area contributed by atoms with Crippen molar-refractivity contribution < 1.29 is 23.1 Å². The number of rotatable bonds is 1. The van der Waals surface area contributed by atoms with Crippen molar-refractivity contribution in [2.45, 2.75) is 31.9 Å². The number of halogens is 3. The van der Waals surface area contributed by atoms with Crippen LogP contribution in [-0.2, 0) is 4.79 Å². The fourth-order valence-corrected chi connectivity index (χ4v) is 1.98. The molecule has 0 saturated carbocycles. The maximum atomic E-state index is 10.6. The van der Waals surface area contributed by atoms with Crippen molar-refractivity contribution in [3.8, 4) is 0 Å². The fourth-order valence-electron chi connectivity index (χ4n) is 1.98. The Bertz CT molecular complexity index is 443. The average molecular weight is 290 g/mol. The van der Waals surface area contributed by atoms with Gasteiger partial charge in [-0.05, 0) is 56.5 Å². The van der Waals surface area contributed by atoms with Gasteiger partial charge in [-0.2, -0.15) is 13.2 Å². The topological polar surface area (TPSA) is 62.2 Å². The van der Waals surface area contributed by atoms with E-state index in [9.17, 15) is 13.2 Å². The summed E-state index contributed by atoms with van der Waals surface area (Å²) in [4.78, 5) is 13.1. The molecule has 0 spiro atoms. The van der Waals surface area contributed by atoms with E-state index in [1.807, 2.05) is 6.20 Å². The van der Waals surface area contributed by atoms with Crippen LogP contribution in [0, 0.1) is 6.92 Å². The van der Waals surface area contributed by atoms with E-state index in [1.165, 1.54) is 18.4 Å². The molecule has 0 unspecified atom stereocenters. The second-order valence-corrected chi connectivity index (χ2v) is 4.56. The Morgan fingerprint density at radius 3 is 2.40 bits per heavy atom. The lowest BCUT2D eigenvalue weighted by molar-refractivity contribution is -0.192. The van der Waals surface area contributed by atoms with Gasteiger partial charge < -0.3 is 10.4 Å². The quantitative estimate of drug-likeness (QED) is 0.834. The van der Waals surface area contributed by atoms with E-state index >= 15 is 0 Å². The second-order valence-electron chi connectivity index (χ2n) is 4.56. The summed E-state index contributed by atoms with van der Waals surface area (Å²) in [5.41, 5.74) is 2.60. The number of carboxylic acids is 1. The van der Waals surface area contributed by atoms with Gasteiger partial charge in [-0.25, -0.2) is 4.79 Å². The molecule has 2 heterocycles. The summed E-state index contributed by atoms with van der Waals surface area (Å²) < 4.78 is 31.7. The van der Waals surface area contributed by atoms with Crippen LogP contribution in [0.4, 0.5) is 13.2 Å². The number of piperidine rings is 1. The van der Waals surface area contributed by atoms with Crippen molar-refractivity contribution in [2.24, 2.45) is 0 Å². The van der Waals surface area contributed by atoms with E-state index in [1.54, 1.807) is 0 Å². The van der Waals surface area contributed by atoms with E-state index in [0.29, 0.717) is 0 Å². The molecule has 1 aliphatic heterocycles. The van der Waals surface area contributed by atoms with Crippen LogP contribution < -0.4 is 5.32 Å². The lowest BCUT2D eigenvalue weighted by Gasteiger charge is -2.22. The van der Waals surface area contributed by atoms with Gasteiger partial charge in [0.2, 0.25) is 0 Å². The van der Waals surface area contributed by atoms with E-state index in [4.69, 9.17) is 9.90 Å². The average Bonchev–Trinajstić information content (AvgIpc) is 2.39. The third-order valence-electron chi connectivity index (χ3n) is 2.97. The highest BCUT2D eigenvalue weighted by Gasteiger charge is 2.38. The van der Waals surface area contributed by atoms with Gasteiger partial charge in [0.25, 0.3) is 0 Å². The SMILES string of the molecule is Cc1cc(C2CCNCC2)ccn1.O=C(O)C(F)(F)F. The van der Waals surface area contributed by atoms with Crippen molar-refractivity contribution in [3.05, 3.63) is 29.6 Å². The highest BCUT2D eigenvalue weighted by Crippen LogP contribution is 2.24. The van der Waals surface area contributed by atoms with Crippen molar-refractivity contribution in [3.63, 3.8) is 0 Å². The van der Waals surface area contributed by atoms with Crippen molar-refractivity contribution in [1.82, 2.24) is 10.3 Å². The minimum absolute atomic E-state index is 0.753. The lowest BCUT2D eigenvalue weighted by atomic mass is 9.90. The zero-order chi connectivity index (χ0) is 15.2. The summed E-state index contributed by atoms with van der Waals surface area (Å²) in [5.74, 6) is -2.00. The van der Waals surface area contributed by atoms with Crippen LogP contribution in [0.25, 0.3) is 0 Å². The number of hydrogen-bond donors (Lipinski definition) is 2. The highest BCUT2D eigenvalue weighted by atomic mass is 19.4. The first-order valence-electron chi connectivity index (χ1n) is 6.24. The van der Waals surface area contributed by atoms with Crippen LogP contribution in [0.1, 0.15) is 30.0 Å². The highest BCUT2D eigenvalue weighted by molar-refractivity contribution is 5.73. The number of carbonyl (C=O) groups is 1. The normalized spacial score (nSPS) is 16.2. The predicted molar refractivity (Wildman–Crippen MR) is 67.5 cm³/mol. The molecule has 112 valence electrons. The number of aryl methyl sites for hydroxylation is 1. The van der Waals surface area contributed by atoms with Gasteiger partial charge in [-0.15, -0.1) is 0 Å². The van der Waals surface area contributed by atoms with Crippen LogP contribution in [0.3, 0.4) is 0 Å². The Morgan fingerprint density at radius 1 is 1.40 bits per heavy atom. The maximum absolute atomic E-state index is 10.6. The number of carboxylic acid groups (broad SMARTS) is 1. The molecule has 4 nitrogen and oxygen atoms in total. The molecule has 0 bridgehead atoms. The van der Waals surface area contributed by atoms with E-state index in [-0.39, 0.29) is 0 Å². The molecule has 1 saturated heterocycles. The van der Waals surface area contributed by atoms with Gasteiger partial charge in [0, 0.05) is 11.9 Å². The van der Waals surface area contributed by atoms with Crippen LogP contribution in [0.5, 0.6) is 0 Å². The number of pyridine rings is 1. The minimum Gasteiger partial charge on any atom is -0.475 e. The Kier molecular flexibility index (Phi) is 5.94. The van der Waals surface area contributed by atoms with Gasteiger partial charge in [0.05, 0.1) is 0 Å². The van der Waals surface area contributed by atoms with E-state index < -0.39 is 12.1 Å². The summed E-state index contributed by atoms with van der Waals surface area (Å²) in [7, 11) is 0. The van der Waals surface area contributed by atoms with E-state index in [0.717, 1.165) is 24.7 Å². The summed E-state index contributed by atoms with van der Waals surface area (Å²) >= 11 is 0. The number of aromatic nitrogens is 1. The molecule has 20 heavy (non-hydrogen) atoms. The number of alkyl halides is 3. The third-order valence-corrected chi connectivity index (χ3v) is 2.97. The monoisotopic (exact) mass is 290 g/mol. The Labute approximate surface area is 115 Å². The summed E-state index contributed by atoms with van der Waals surface area (Å²) in [6.45, 7) is 4.38. The zero-order valence-corrected chi connectivity index (χ0v) is 11.1. The zero-order valence-electron chi connectivity index (χ0n) is 11.1. The number of nitrogens with one attached hydrogen (secondary N) is 1. The fraction of sp³-hybridized carbons (Fsp3) is 0.538. The number of nitrogens with zero attached hydrogens (tertiary/aromatic N) is 1. The predicted octanol–water partition coefficient (Wildman–Crippen LogP) is 2.49. The molecule has 2 N–H and O–H groups in total. The second kappa shape index (κ2) is 7.23. The van der Waals surface area contributed by atoms with Crippen molar-refractivity contribution >= 4 is 5.97 Å². The van der Waals surface area contributed by atoms with E-state index in [2.05, 4.69) is 29.4 Å². The van der Waals surface area contributed by atoms with Crippen molar-refractivity contribution in [2.75, 3.05) is 13.1 Å². The van der Waals surface area contributed by atoms with Crippen LogP contribution in [0.2, 0.25) is 0 Å². The Hall–Kier alpha value is -1.63. The molecular formula is C13H17F3N2O2. The third kappa shape index (κ3) is 5.56. The van der Waals surface area contributed by atoms with Crippen LogP contribution in [-0.4, -0.2) is 35.3 Å². The van der Waals surface area contributed by atoms with Crippen LogP contribution in [0.15, 0.2) is 18.3 Å². The minimum atomic E-state index is -5.08. The standard InChI is InChI=1S/C11H16N2.C2HF3O2/c1-9-8-11(4-7-13-9)10-2-5-12-6-3-10;3-2(4,5)1(6)7/h4,7-8,10,12H,2-3,5-6H2,1H3;(H,6,7). The molecule has 0 aromatic carbocycles. The first kappa shape index (κ1) is 16.4. The van der Waals surface area contributed by atoms with Gasteiger partial charge in [-0.3, -0.25) is 4.98 Å². The first-order chi connectivity index (χ1) is 9.30. The number of aliphatic carboxylic acids is 1. The lowest BCUT2D eigenvalue weighted by Crippen LogP contribution is -2.26. The Balaban J connectivity index is 0.000000246. The van der Waals surface area contributed by atoms with Gasteiger partial charge in [-0.1, -0.05) is 0 Å². The van der Waals surface area contributed by atoms with Gasteiger partial charge >= 0.3 is 12.1 Å². The molecule has 0 atom stereocenters. The smallest absolute Gasteiger partial charge is 0.475 e. The van der Waals surface area contributed by atoms with Gasteiger partial charge in [0.1, 0.15) is 0 Å². The summed E-state index contributed by atoms with van der Waals surface area (Å²) in [5, 5.41) is 10.5. The molecule has 7 heteroatoms. The number of hydrogen-bond acceptors (Lipinski definition) is 3. The maximum Gasteiger partial charge on any atom is 0.490 e. The summed E-state index contributed by atoms with van der Waals surface area (Å²) in [6.07, 6.45) is -0.625. The largest absolute Gasteiger partial charge is 0.490 e. The molecule has 2 rings (SSSR count).